The lowest BCUT2D eigenvalue weighted by molar-refractivity contribution is -0.137. The van der Waals surface area contributed by atoms with Gasteiger partial charge in [0.2, 0.25) is 0 Å². The molecule has 1 aromatic carbocycles. The van der Waals surface area contributed by atoms with E-state index < -0.39 is 17.2 Å². The van der Waals surface area contributed by atoms with Crippen molar-refractivity contribution in [1.29, 1.82) is 0 Å². The van der Waals surface area contributed by atoms with Crippen molar-refractivity contribution in [3.05, 3.63) is 35.0 Å². The van der Waals surface area contributed by atoms with Gasteiger partial charge in [0, 0.05) is 36.4 Å². The van der Waals surface area contributed by atoms with Crippen LogP contribution in [0, 0.1) is 11.8 Å². The van der Waals surface area contributed by atoms with Crippen molar-refractivity contribution < 1.29 is 28.2 Å². The molecule has 2 unspecified atom stereocenters. The minimum absolute atomic E-state index is 0.286. The third kappa shape index (κ3) is 4.26. The topological polar surface area (TPSA) is 109 Å². The number of amides is 1. The van der Waals surface area contributed by atoms with Gasteiger partial charge in [0.25, 0.3) is 17.2 Å². The van der Waals surface area contributed by atoms with Crippen LogP contribution in [0.4, 0.5) is 0 Å². The van der Waals surface area contributed by atoms with Crippen molar-refractivity contribution in [2.24, 2.45) is 11.8 Å². The van der Waals surface area contributed by atoms with Crippen LogP contribution in [0.5, 0.6) is 0 Å². The van der Waals surface area contributed by atoms with Crippen LogP contribution in [-0.4, -0.2) is 60.9 Å². The van der Waals surface area contributed by atoms with Crippen LogP contribution in [0.1, 0.15) is 47.8 Å². The van der Waals surface area contributed by atoms with Crippen molar-refractivity contribution >= 4 is 34.0 Å². The van der Waals surface area contributed by atoms with Gasteiger partial charge in [-0.1, -0.05) is 0 Å². The number of ether oxygens (including phenoxy) is 1. The highest BCUT2D eigenvalue weighted by molar-refractivity contribution is 7.77. The van der Waals surface area contributed by atoms with Crippen LogP contribution in [0.2, 0.25) is 0 Å². The van der Waals surface area contributed by atoms with E-state index in [9.17, 15) is 18.4 Å². The molecule has 0 radical (unpaired) electrons. The Bertz CT molecular complexity index is 1030. The number of carbonyl (C=O) groups is 2. The monoisotopic (exact) mass is 448 g/mol. The smallest absolute Gasteiger partial charge is 0.323 e. The van der Waals surface area contributed by atoms with Crippen molar-refractivity contribution in [3.8, 4) is 0 Å². The Morgan fingerprint density at radius 1 is 1.23 bits per heavy atom. The largest absolute Gasteiger partial charge is 0.480 e. The maximum atomic E-state index is 12.9. The molecule has 1 aliphatic carbocycles. The number of hydrogen-bond donors (Lipinski definition) is 2. The zero-order valence-electron chi connectivity index (χ0n) is 17.6. The molecule has 9 heteroatoms. The van der Waals surface area contributed by atoms with Crippen molar-refractivity contribution in [1.82, 2.24) is 8.87 Å². The summed E-state index contributed by atoms with van der Waals surface area (Å²) in [4.78, 5) is 25.3. The number of carbonyl (C=O) groups excluding carboxylic acids is 1. The molecule has 1 aliphatic heterocycles. The van der Waals surface area contributed by atoms with E-state index in [1.807, 2.05) is 0 Å². The Balaban J connectivity index is 1.74. The van der Waals surface area contributed by atoms with Gasteiger partial charge in [-0.2, -0.15) is 0 Å². The zero-order valence-corrected chi connectivity index (χ0v) is 18.4. The summed E-state index contributed by atoms with van der Waals surface area (Å²) in [5.74, 6) is -0.345. The number of carboxylic acid groups (broad SMARTS) is 1. The summed E-state index contributed by atoms with van der Waals surface area (Å²) >= 11 is -2.19. The maximum absolute atomic E-state index is 12.9. The summed E-state index contributed by atoms with van der Waals surface area (Å²) in [5.41, 5.74) is 2.93. The second-order valence-corrected chi connectivity index (χ2v) is 9.17. The number of benzene rings is 1. The molecule has 4 rings (SSSR count). The second-order valence-electron chi connectivity index (χ2n) is 8.35. The predicted molar refractivity (Wildman–Crippen MR) is 116 cm³/mol. The first kappa shape index (κ1) is 22.0. The van der Waals surface area contributed by atoms with E-state index in [0.717, 1.165) is 62.0 Å². The number of likely N-dealkylation sites (N-methyl/N-ethyl adjacent to an activating group) is 1. The molecule has 1 saturated heterocycles. The fourth-order valence-corrected chi connectivity index (χ4v) is 5.84. The Morgan fingerprint density at radius 3 is 2.61 bits per heavy atom. The molecule has 0 spiro atoms. The first-order valence-electron chi connectivity index (χ1n) is 10.8. The van der Waals surface area contributed by atoms with Gasteiger partial charge in [-0.05, 0) is 74.6 Å². The Hall–Kier alpha value is -2.23. The van der Waals surface area contributed by atoms with Gasteiger partial charge in [0.15, 0.2) is 0 Å². The predicted octanol–water partition coefficient (Wildman–Crippen LogP) is 2.70. The number of carboxylic acids is 1. The number of nitrogens with zero attached hydrogens (tertiary/aromatic N) is 2. The van der Waals surface area contributed by atoms with Gasteiger partial charge in [-0.15, -0.1) is 0 Å². The first-order chi connectivity index (χ1) is 14.9. The quantitative estimate of drug-likeness (QED) is 0.658. The second kappa shape index (κ2) is 9.10. The molecule has 8 nitrogen and oxygen atoms in total. The summed E-state index contributed by atoms with van der Waals surface area (Å²) in [6.07, 6.45) is 4.58. The Morgan fingerprint density at radius 2 is 1.97 bits per heavy atom. The van der Waals surface area contributed by atoms with Gasteiger partial charge in [0.1, 0.15) is 6.54 Å². The Kier molecular flexibility index (Phi) is 6.45. The van der Waals surface area contributed by atoms with E-state index in [1.54, 1.807) is 25.1 Å². The van der Waals surface area contributed by atoms with E-state index in [2.05, 4.69) is 0 Å². The molecule has 31 heavy (non-hydrogen) atoms. The van der Waals surface area contributed by atoms with Crippen LogP contribution >= 0.6 is 0 Å². The van der Waals surface area contributed by atoms with Gasteiger partial charge in [-0.3, -0.25) is 14.1 Å². The van der Waals surface area contributed by atoms with Crippen molar-refractivity contribution in [2.75, 3.05) is 26.3 Å². The van der Waals surface area contributed by atoms with Crippen LogP contribution < -0.4 is 0 Å². The van der Waals surface area contributed by atoms with Gasteiger partial charge < -0.3 is 14.7 Å². The third-order valence-corrected chi connectivity index (χ3v) is 7.41. The van der Waals surface area contributed by atoms with Gasteiger partial charge >= 0.3 is 5.97 Å². The number of aromatic nitrogens is 1. The lowest BCUT2D eigenvalue weighted by atomic mass is 9.75. The fraction of sp³-hybridized carbons (Fsp3) is 0.545. The standard InChI is InChI=1S/C22H28N2O6S/c1-2-23(13-21(25)26)22(27)16-4-6-20-18(12-16)17-11-15(14-7-9-30-10-8-14)3-5-19(17)24(20)31(28)29/h4,6,12,14-15H,2-3,5,7-11,13H2,1H3,(H,25,26)(H,28,29). The molecule has 2 atom stereocenters. The van der Waals surface area contributed by atoms with Gasteiger partial charge in [0.05, 0.1) is 5.52 Å². The number of hydrogen-bond acceptors (Lipinski definition) is 4. The van der Waals surface area contributed by atoms with Crippen LogP contribution in [-0.2, 0) is 33.6 Å². The lowest BCUT2D eigenvalue weighted by Crippen LogP contribution is -2.35. The fourth-order valence-electron chi connectivity index (χ4n) is 5.12. The van der Waals surface area contributed by atoms with E-state index in [4.69, 9.17) is 9.84 Å². The molecular formula is C22H28N2O6S. The minimum atomic E-state index is -2.19. The maximum Gasteiger partial charge on any atom is 0.323 e. The molecule has 2 N–H and O–H groups in total. The molecule has 1 aromatic heterocycles. The summed E-state index contributed by atoms with van der Waals surface area (Å²) in [7, 11) is 0. The number of rotatable bonds is 6. The average Bonchev–Trinajstić information content (AvgIpc) is 3.10. The van der Waals surface area contributed by atoms with Crippen LogP contribution in [0.15, 0.2) is 18.2 Å². The normalized spacial score (nSPS) is 20.4. The molecule has 2 heterocycles. The molecule has 1 amide bonds. The highest BCUT2D eigenvalue weighted by atomic mass is 32.2. The molecule has 0 bridgehead atoms. The van der Waals surface area contributed by atoms with E-state index in [1.165, 1.54) is 8.87 Å². The lowest BCUT2D eigenvalue weighted by Gasteiger charge is -2.33. The molecular weight excluding hydrogens is 420 g/mol. The van der Waals surface area contributed by atoms with Crippen LogP contribution in [0.25, 0.3) is 10.9 Å². The highest BCUT2D eigenvalue weighted by Gasteiger charge is 2.32. The van der Waals surface area contributed by atoms with Crippen molar-refractivity contribution in [3.63, 3.8) is 0 Å². The molecule has 168 valence electrons. The molecule has 2 aromatic rings. The number of aliphatic carboxylic acids is 1. The summed E-state index contributed by atoms with van der Waals surface area (Å²) in [5, 5.41) is 9.90. The SMILES string of the molecule is CCN(CC(=O)O)C(=O)c1ccc2c(c1)c1c(n2S(=O)O)CCC(C2CCOCC2)C1. The summed E-state index contributed by atoms with van der Waals surface area (Å²) in [6.45, 7) is 3.23. The minimum Gasteiger partial charge on any atom is -0.480 e. The first-order valence-corrected chi connectivity index (χ1v) is 11.8. The van der Waals surface area contributed by atoms with Crippen LogP contribution in [0.3, 0.4) is 0 Å². The molecule has 1 fully saturated rings. The molecule has 0 saturated carbocycles. The Labute approximate surface area is 183 Å². The van der Waals surface area contributed by atoms with Gasteiger partial charge in [-0.25, -0.2) is 8.18 Å². The average molecular weight is 449 g/mol. The summed E-state index contributed by atoms with van der Waals surface area (Å²) < 4.78 is 29.1. The van der Waals surface area contributed by atoms with E-state index >= 15 is 0 Å². The van der Waals surface area contributed by atoms with E-state index in [0.29, 0.717) is 22.9 Å². The number of fused-ring (bicyclic) bond motifs is 3. The van der Waals surface area contributed by atoms with E-state index in [-0.39, 0.29) is 19.0 Å². The zero-order chi connectivity index (χ0) is 22.1. The summed E-state index contributed by atoms with van der Waals surface area (Å²) in [6, 6.07) is 5.07. The van der Waals surface area contributed by atoms with Crippen molar-refractivity contribution in [2.45, 2.75) is 39.0 Å². The molecule has 2 aliphatic rings. The third-order valence-electron chi connectivity index (χ3n) is 6.68. The highest BCUT2D eigenvalue weighted by Crippen LogP contribution is 2.40.